The molecular weight excluding hydrogens is 335 g/mol. The van der Waals surface area contributed by atoms with Gasteiger partial charge in [0.15, 0.2) is 11.6 Å². The van der Waals surface area contributed by atoms with E-state index in [1.807, 2.05) is 12.1 Å². The van der Waals surface area contributed by atoms with Gasteiger partial charge in [0.2, 0.25) is 0 Å². The Morgan fingerprint density at radius 2 is 2.08 bits per heavy atom. The van der Waals surface area contributed by atoms with Crippen molar-refractivity contribution in [3.8, 4) is 5.75 Å². The molecule has 138 valence electrons. The number of esters is 1. The lowest BCUT2D eigenvalue weighted by Gasteiger charge is -2.22. The van der Waals surface area contributed by atoms with Gasteiger partial charge in [0.25, 0.3) is 0 Å². The van der Waals surface area contributed by atoms with E-state index in [0.29, 0.717) is 12.0 Å². The van der Waals surface area contributed by atoms with Crippen molar-refractivity contribution < 1.29 is 18.8 Å². The first-order valence-corrected chi connectivity index (χ1v) is 8.88. The predicted octanol–water partition coefficient (Wildman–Crippen LogP) is 3.57. The molecule has 2 N–H and O–H groups in total. The molecule has 0 amide bonds. The van der Waals surface area contributed by atoms with Gasteiger partial charge in [-0.25, -0.2) is 10.3 Å². The minimum atomic E-state index is -0.598. The monoisotopic (exact) mass is 358 g/mol. The summed E-state index contributed by atoms with van der Waals surface area (Å²) in [5, 5.41) is 0. The molecule has 1 aliphatic carbocycles. The Morgan fingerprint density at radius 3 is 2.73 bits per heavy atom. The molecule has 1 unspecified atom stereocenters. The fourth-order valence-corrected chi connectivity index (χ4v) is 3.57. The summed E-state index contributed by atoms with van der Waals surface area (Å²) in [7, 11) is 0. The van der Waals surface area contributed by atoms with E-state index < -0.39 is 5.82 Å². The van der Waals surface area contributed by atoms with E-state index in [-0.39, 0.29) is 30.2 Å². The highest BCUT2D eigenvalue weighted by Crippen LogP contribution is 2.34. The number of halogens is 1. The van der Waals surface area contributed by atoms with Gasteiger partial charge in [-0.15, -0.1) is 0 Å². The van der Waals surface area contributed by atoms with Gasteiger partial charge in [-0.2, -0.15) is 0 Å². The Kier molecular flexibility index (Phi) is 6.30. The number of ether oxygens (including phenoxy) is 1. The van der Waals surface area contributed by atoms with Crippen molar-refractivity contribution in [2.45, 2.75) is 38.7 Å². The summed E-state index contributed by atoms with van der Waals surface area (Å²) >= 11 is 0. The van der Waals surface area contributed by atoms with Gasteiger partial charge in [-0.3, -0.25) is 14.6 Å². The van der Waals surface area contributed by atoms with Crippen LogP contribution in [-0.4, -0.2) is 11.0 Å². The van der Waals surface area contributed by atoms with E-state index in [0.717, 1.165) is 31.2 Å². The lowest BCUT2D eigenvalue weighted by Crippen LogP contribution is -2.29. The number of pyridine rings is 1. The molecule has 1 aromatic carbocycles. The highest BCUT2D eigenvalue weighted by molar-refractivity contribution is 5.76. The molecular formula is C20H23FN2O3. The van der Waals surface area contributed by atoms with E-state index in [9.17, 15) is 9.18 Å². The summed E-state index contributed by atoms with van der Waals surface area (Å²) in [6, 6.07) is 8.14. The standard InChI is InChI=1S/C20H23FN2O3/c21-18-11-15(13-25-22)7-8-19(18)26-20(24)17(16-5-1-2-6-16)10-14-4-3-9-23-12-14/h3-4,7-9,11-12,16-17H,1-2,5-6,10,13,22H2. The number of carbonyl (C=O) groups excluding carboxylic acids is 1. The number of carbonyl (C=O) groups is 1. The van der Waals surface area contributed by atoms with Crippen LogP contribution < -0.4 is 10.6 Å². The van der Waals surface area contributed by atoms with Crippen LogP contribution in [0.15, 0.2) is 42.7 Å². The third-order valence-electron chi connectivity index (χ3n) is 4.91. The average molecular weight is 358 g/mol. The average Bonchev–Trinajstić information content (AvgIpc) is 3.17. The van der Waals surface area contributed by atoms with Crippen molar-refractivity contribution in [1.29, 1.82) is 0 Å². The molecule has 1 heterocycles. The van der Waals surface area contributed by atoms with Gasteiger partial charge in [0.05, 0.1) is 12.5 Å². The van der Waals surface area contributed by atoms with Crippen molar-refractivity contribution in [1.82, 2.24) is 4.98 Å². The zero-order chi connectivity index (χ0) is 18.4. The molecule has 1 saturated carbocycles. The molecule has 1 fully saturated rings. The summed E-state index contributed by atoms with van der Waals surface area (Å²) < 4.78 is 19.6. The van der Waals surface area contributed by atoms with Crippen molar-refractivity contribution in [3.05, 3.63) is 59.7 Å². The number of nitrogens with zero attached hydrogens (tertiary/aromatic N) is 1. The van der Waals surface area contributed by atoms with Crippen molar-refractivity contribution in [2.75, 3.05) is 0 Å². The first-order chi connectivity index (χ1) is 12.7. The van der Waals surface area contributed by atoms with Crippen molar-refractivity contribution in [2.24, 2.45) is 17.7 Å². The lowest BCUT2D eigenvalue weighted by atomic mass is 9.86. The normalized spacial score (nSPS) is 15.8. The molecule has 1 aromatic heterocycles. The fraction of sp³-hybridized carbons (Fsp3) is 0.400. The fourth-order valence-electron chi connectivity index (χ4n) is 3.57. The maximum absolute atomic E-state index is 14.2. The van der Waals surface area contributed by atoms with Crippen LogP contribution >= 0.6 is 0 Å². The van der Waals surface area contributed by atoms with Gasteiger partial charge < -0.3 is 4.74 Å². The van der Waals surface area contributed by atoms with Crippen LogP contribution in [0.5, 0.6) is 5.75 Å². The number of benzene rings is 1. The molecule has 6 heteroatoms. The van der Waals surface area contributed by atoms with Crippen LogP contribution in [0.4, 0.5) is 4.39 Å². The number of rotatable bonds is 7. The van der Waals surface area contributed by atoms with Gasteiger partial charge in [0.1, 0.15) is 0 Å². The zero-order valence-electron chi connectivity index (χ0n) is 14.6. The zero-order valence-corrected chi connectivity index (χ0v) is 14.6. The topological polar surface area (TPSA) is 74.4 Å². The molecule has 0 saturated heterocycles. The Labute approximate surface area is 152 Å². The lowest BCUT2D eigenvalue weighted by molar-refractivity contribution is -0.141. The third-order valence-corrected chi connectivity index (χ3v) is 4.91. The number of nitrogens with two attached hydrogens (primary N) is 1. The summed E-state index contributed by atoms with van der Waals surface area (Å²) in [4.78, 5) is 21.4. The summed E-state index contributed by atoms with van der Waals surface area (Å²) in [5.74, 6) is 3.91. The van der Waals surface area contributed by atoms with Crippen LogP contribution in [0.1, 0.15) is 36.8 Å². The molecule has 2 aromatic rings. The minimum Gasteiger partial charge on any atom is -0.423 e. The molecule has 1 aliphatic rings. The van der Waals surface area contributed by atoms with Gasteiger partial charge >= 0.3 is 5.97 Å². The molecule has 1 atom stereocenters. The second kappa shape index (κ2) is 8.87. The van der Waals surface area contributed by atoms with E-state index in [2.05, 4.69) is 9.82 Å². The maximum Gasteiger partial charge on any atom is 0.315 e. The highest BCUT2D eigenvalue weighted by Gasteiger charge is 2.32. The van der Waals surface area contributed by atoms with E-state index in [4.69, 9.17) is 10.6 Å². The van der Waals surface area contributed by atoms with Gasteiger partial charge in [0, 0.05) is 12.4 Å². The molecule has 0 radical (unpaired) electrons. The molecule has 0 aliphatic heterocycles. The van der Waals surface area contributed by atoms with Crippen molar-refractivity contribution >= 4 is 5.97 Å². The molecule has 0 spiro atoms. The van der Waals surface area contributed by atoms with E-state index >= 15 is 0 Å². The van der Waals surface area contributed by atoms with Crippen molar-refractivity contribution in [3.63, 3.8) is 0 Å². The molecule has 5 nitrogen and oxygen atoms in total. The summed E-state index contributed by atoms with van der Waals surface area (Å²) in [5.41, 5.74) is 1.56. The SMILES string of the molecule is NOCc1ccc(OC(=O)C(Cc2cccnc2)C2CCCC2)c(F)c1. The quantitative estimate of drug-likeness (QED) is 0.465. The number of hydrogen-bond donors (Lipinski definition) is 1. The van der Waals surface area contributed by atoms with Gasteiger partial charge in [-0.1, -0.05) is 25.0 Å². The largest absolute Gasteiger partial charge is 0.423 e. The Bertz CT molecular complexity index is 733. The summed E-state index contributed by atoms with van der Waals surface area (Å²) in [6.07, 6.45) is 8.24. The predicted molar refractivity (Wildman–Crippen MR) is 94.4 cm³/mol. The summed E-state index contributed by atoms with van der Waals surface area (Å²) in [6.45, 7) is 0.0941. The van der Waals surface area contributed by atoms with Crippen LogP contribution in [-0.2, 0) is 22.7 Å². The Morgan fingerprint density at radius 1 is 1.27 bits per heavy atom. The second-order valence-corrected chi connectivity index (χ2v) is 6.71. The van der Waals surface area contributed by atoms with Crippen LogP contribution in [0.2, 0.25) is 0 Å². The van der Waals surface area contributed by atoms with E-state index in [1.54, 1.807) is 18.5 Å². The second-order valence-electron chi connectivity index (χ2n) is 6.71. The highest BCUT2D eigenvalue weighted by atomic mass is 19.1. The smallest absolute Gasteiger partial charge is 0.315 e. The Balaban J connectivity index is 1.74. The molecule has 3 rings (SSSR count). The number of aromatic nitrogens is 1. The van der Waals surface area contributed by atoms with Crippen LogP contribution in [0, 0.1) is 17.7 Å². The molecule has 0 bridgehead atoms. The maximum atomic E-state index is 14.2. The first kappa shape index (κ1) is 18.5. The molecule has 26 heavy (non-hydrogen) atoms. The first-order valence-electron chi connectivity index (χ1n) is 8.88. The van der Waals surface area contributed by atoms with E-state index in [1.165, 1.54) is 12.1 Å². The third kappa shape index (κ3) is 4.65. The van der Waals surface area contributed by atoms with Gasteiger partial charge in [-0.05, 0) is 54.5 Å². The van der Waals surface area contributed by atoms with Crippen LogP contribution in [0.25, 0.3) is 0 Å². The minimum absolute atomic E-state index is 0.0649. The van der Waals surface area contributed by atoms with Crippen LogP contribution in [0.3, 0.4) is 0 Å². The number of hydrogen-bond acceptors (Lipinski definition) is 5. The Hall–Kier alpha value is -2.31.